The van der Waals surface area contributed by atoms with Crippen LogP contribution in [-0.4, -0.2) is 57.1 Å². The first-order valence-corrected chi connectivity index (χ1v) is 16.8. The summed E-state index contributed by atoms with van der Waals surface area (Å²) in [6.07, 6.45) is 6.26. The van der Waals surface area contributed by atoms with Crippen molar-refractivity contribution in [3.63, 3.8) is 0 Å². The second-order valence-corrected chi connectivity index (χ2v) is 13.5. The highest BCUT2D eigenvalue weighted by Gasteiger charge is 2.34. The van der Waals surface area contributed by atoms with Crippen LogP contribution in [0.3, 0.4) is 0 Å². The SMILES string of the molecule is COc1ccc(N(CC(=O)N(Cc2ccc(Cl)cc2)[C@H](Cc2ccccc2)C(=O)NC2CCCCC2)S(C)(=O)=O)cc1Cl. The molecule has 1 aliphatic rings. The minimum absolute atomic E-state index is 0.0287. The number of anilines is 1. The van der Waals surface area contributed by atoms with Crippen molar-refractivity contribution in [1.29, 1.82) is 0 Å². The highest BCUT2D eigenvalue weighted by molar-refractivity contribution is 7.92. The zero-order chi connectivity index (χ0) is 31.0. The third-order valence-corrected chi connectivity index (χ3v) is 9.28. The van der Waals surface area contributed by atoms with E-state index in [2.05, 4.69) is 5.32 Å². The van der Waals surface area contributed by atoms with Gasteiger partial charge in [-0.2, -0.15) is 0 Å². The Kier molecular flexibility index (Phi) is 11.3. The maximum Gasteiger partial charge on any atom is 0.244 e. The van der Waals surface area contributed by atoms with E-state index in [4.69, 9.17) is 27.9 Å². The van der Waals surface area contributed by atoms with Crippen LogP contribution in [0.5, 0.6) is 5.75 Å². The van der Waals surface area contributed by atoms with Crippen LogP contribution in [0.15, 0.2) is 72.8 Å². The Balaban J connectivity index is 1.72. The van der Waals surface area contributed by atoms with E-state index in [-0.39, 0.29) is 35.6 Å². The van der Waals surface area contributed by atoms with Gasteiger partial charge in [-0.05, 0) is 54.3 Å². The summed E-state index contributed by atoms with van der Waals surface area (Å²) in [6, 6.07) is 20.1. The summed E-state index contributed by atoms with van der Waals surface area (Å²) in [6.45, 7) is -0.455. The summed E-state index contributed by atoms with van der Waals surface area (Å²) in [5, 5.41) is 3.93. The third-order valence-electron chi connectivity index (χ3n) is 7.59. The molecule has 0 bridgehead atoms. The Labute approximate surface area is 264 Å². The molecule has 230 valence electrons. The van der Waals surface area contributed by atoms with Crippen molar-refractivity contribution in [3.05, 3.63) is 94.0 Å². The minimum atomic E-state index is -3.92. The number of halogens is 2. The molecule has 11 heteroatoms. The van der Waals surface area contributed by atoms with Crippen molar-refractivity contribution < 1.29 is 22.7 Å². The first kappa shape index (κ1) is 32.6. The maximum atomic E-state index is 14.2. The summed E-state index contributed by atoms with van der Waals surface area (Å²) >= 11 is 12.4. The molecule has 0 unspecified atom stereocenters. The molecule has 0 saturated heterocycles. The van der Waals surface area contributed by atoms with E-state index < -0.39 is 28.5 Å². The molecule has 1 atom stereocenters. The highest BCUT2D eigenvalue weighted by Crippen LogP contribution is 2.30. The van der Waals surface area contributed by atoms with Crippen molar-refractivity contribution in [2.24, 2.45) is 0 Å². The molecule has 0 heterocycles. The van der Waals surface area contributed by atoms with Gasteiger partial charge in [-0.1, -0.05) is 84.9 Å². The third kappa shape index (κ3) is 9.11. The average molecular weight is 647 g/mol. The van der Waals surface area contributed by atoms with E-state index in [0.717, 1.165) is 53.8 Å². The molecule has 1 N–H and O–H groups in total. The summed E-state index contributed by atoms with van der Waals surface area (Å²) in [5.41, 5.74) is 1.83. The van der Waals surface area contributed by atoms with Crippen molar-refractivity contribution in [1.82, 2.24) is 10.2 Å². The predicted molar refractivity (Wildman–Crippen MR) is 171 cm³/mol. The molecule has 1 aliphatic carbocycles. The molecular formula is C32H37Cl2N3O5S. The lowest BCUT2D eigenvalue weighted by Crippen LogP contribution is -2.55. The van der Waals surface area contributed by atoms with Crippen LogP contribution in [0.25, 0.3) is 0 Å². The zero-order valence-corrected chi connectivity index (χ0v) is 26.7. The van der Waals surface area contributed by atoms with Crippen molar-refractivity contribution in [2.75, 3.05) is 24.2 Å². The van der Waals surface area contributed by atoms with Gasteiger partial charge in [0.1, 0.15) is 18.3 Å². The van der Waals surface area contributed by atoms with Gasteiger partial charge in [0.15, 0.2) is 0 Å². The summed E-state index contributed by atoms with van der Waals surface area (Å²) in [5.74, 6) is -0.430. The molecule has 0 aromatic heterocycles. The fraction of sp³-hybridized carbons (Fsp3) is 0.375. The van der Waals surface area contributed by atoms with E-state index in [1.54, 1.807) is 30.3 Å². The van der Waals surface area contributed by atoms with Crippen LogP contribution in [0.2, 0.25) is 10.0 Å². The molecule has 0 spiro atoms. The van der Waals surface area contributed by atoms with Gasteiger partial charge in [0.25, 0.3) is 0 Å². The van der Waals surface area contributed by atoms with Gasteiger partial charge in [0, 0.05) is 24.0 Å². The van der Waals surface area contributed by atoms with Crippen LogP contribution < -0.4 is 14.4 Å². The number of benzene rings is 3. The van der Waals surface area contributed by atoms with E-state index in [0.29, 0.717) is 10.8 Å². The molecule has 1 saturated carbocycles. The largest absolute Gasteiger partial charge is 0.495 e. The molecule has 2 amide bonds. The molecule has 3 aromatic rings. The lowest BCUT2D eigenvalue weighted by atomic mass is 9.94. The van der Waals surface area contributed by atoms with Gasteiger partial charge in [0.2, 0.25) is 21.8 Å². The minimum Gasteiger partial charge on any atom is -0.495 e. The first-order chi connectivity index (χ1) is 20.5. The maximum absolute atomic E-state index is 14.2. The van der Waals surface area contributed by atoms with Gasteiger partial charge in [-0.15, -0.1) is 0 Å². The molecule has 4 rings (SSSR count). The number of carbonyl (C=O) groups is 2. The second-order valence-electron chi connectivity index (χ2n) is 10.8. The van der Waals surface area contributed by atoms with E-state index in [1.807, 2.05) is 30.3 Å². The molecule has 1 fully saturated rings. The van der Waals surface area contributed by atoms with Gasteiger partial charge in [0.05, 0.1) is 24.1 Å². The fourth-order valence-electron chi connectivity index (χ4n) is 5.31. The number of nitrogens with zero attached hydrogens (tertiary/aromatic N) is 2. The van der Waals surface area contributed by atoms with Crippen LogP contribution in [0, 0.1) is 0 Å². The monoisotopic (exact) mass is 645 g/mol. The Morgan fingerprint density at radius 2 is 1.63 bits per heavy atom. The average Bonchev–Trinajstić information content (AvgIpc) is 2.99. The van der Waals surface area contributed by atoms with Gasteiger partial charge < -0.3 is 15.0 Å². The first-order valence-electron chi connectivity index (χ1n) is 14.2. The lowest BCUT2D eigenvalue weighted by Gasteiger charge is -2.35. The normalized spacial score (nSPS) is 14.5. The smallest absolute Gasteiger partial charge is 0.244 e. The number of rotatable bonds is 12. The van der Waals surface area contributed by atoms with E-state index in [1.165, 1.54) is 24.1 Å². The van der Waals surface area contributed by atoms with Crippen molar-refractivity contribution in [3.8, 4) is 5.75 Å². The lowest BCUT2D eigenvalue weighted by molar-refractivity contribution is -0.140. The van der Waals surface area contributed by atoms with Crippen molar-refractivity contribution >= 4 is 50.7 Å². The fourth-order valence-corrected chi connectivity index (χ4v) is 6.53. The molecule has 8 nitrogen and oxygen atoms in total. The van der Waals surface area contributed by atoms with Gasteiger partial charge >= 0.3 is 0 Å². The van der Waals surface area contributed by atoms with Crippen LogP contribution >= 0.6 is 23.2 Å². The topological polar surface area (TPSA) is 96.0 Å². The van der Waals surface area contributed by atoms with Crippen LogP contribution in [0.1, 0.15) is 43.2 Å². The Bertz CT molecular complexity index is 1500. The molecule has 0 aliphatic heterocycles. The number of ether oxygens (including phenoxy) is 1. The van der Waals surface area contributed by atoms with Crippen LogP contribution in [-0.2, 0) is 32.6 Å². The van der Waals surface area contributed by atoms with E-state index in [9.17, 15) is 18.0 Å². The Hall–Kier alpha value is -3.27. The summed E-state index contributed by atoms with van der Waals surface area (Å²) in [7, 11) is -2.46. The number of carbonyl (C=O) groups excluding carboxylic acids is 2. The quantitative estimate of drug-likeness (QED) is 0.266. The summed E-state index contributed by atoms with van der Waals surface area (Å²) in [4.78, 5) is 29.7. The molecule has 43 heavy (non-hydrogen) atoms. The number of amides is 2. The Morgan fingerprint density at radius 1 is 0.953 bits per heavy atom. The second kappa shape index (κ2) is 14.9. The standard InChI is InChI=1S/C32H37Cl2N3O5S/c1-42-30-18-17-27(20-28(30)34)37(43(2,40)41)22-31(38)36(21-24-13-15-25(33)16-14-24)29(19-23-9-5-3-6-10-23)32(39)35-26-11-7-4-8-12-26/h3,5-6,9-10,13-18,20,26,29H,4,7-8,11-12,19,21-22H2,1-2H3,(H,35,39)/t29-/m1/s1. The number of nitrogens with one attached hydrogen (secondary N) is 1. The number of hydrogen-bond acceptors (Lipinski definition) is 5. The van der Waals surface area contributed by atoms with Crippen molar-refractivity contribution in [2.45, 2.75) is 57.2 Å². The van der Waals surface area contributed by atoms with Gasteiger partial charge in [-0.25, -0.2) is 8.42 Å². The number of hydrogen-bond donors (Lipinski definition) is 1. The van der Waals surface area contributed by atoms with Crippen LogP contribution in [0.4, 0.5) is 5.69 Å². The highest BCUT2D eigenvalue weighted by atomic mass is 35.5. The Morgan fingerprint density at radius 3 is 2.23 bits per heavy atom. The number of sulfonamides is 1. The molecular weight excluding hydrogens is 609 g/mol. The zero-order valence-electron chi connectivity index (χ0n) is 24.3. The molecule has 3 aromatic carbocycles. The molecule has 0 radical (unpaired) electrons. The van der Waals surface area contributed by atoms with Gasteiger partial charge in [-0.3, -0.25) is 13.9 Å². The number of methoxy groups -OCH3 is 1. The predicted octanol–water partition coefficient (Wildman–Crippen LogP) is 5.86. The van der Waals surface area contributed by atoms with E-state index >= 15 is 0 Å². The summed E-state index contributed by atoms with van der Waals surface area (Å²) < 4.78 is 32.2.